The van der Waals surface area contributed by atoms with Gasteiger partial charge in [-0.15, -0.1) is 0 Å². The zero-order valence-corrected chi connectivity index (χ0v) is 18.1. The molecule has 1 aliphatic heterocycles. The fourth-order valence-electron chi connectivity index (χ4n) is 3.99. The van der Waals surface area contributed by atoms with Crippen LogP contribution in [-0.4, -0.2) is 38.8 Å². The molecule has 1 saturated heterocycles. The van der Waals surface area contributed by atoms with Crippen LogP contribution in [0.1, 0.15) is 18.4 Å². The minimum atomic E-state index is -3.57. The van der Waals surface area contributed by atoms with Crippen molar-refractivity contribution in [3.05, 3.63) is 72.3 Å². The first-order valence-electron chi connectivity index (χ1n) is 10.2. The molecule has 1 fully saturated rings. The molecule has 0 N–H and O–H groups in total. The molecule has 0 saturated carbocycles. The molecule has 30 heavy (non-hydrogen) atoms. The molecular formula is C24H26N2O3S. The fourth-order valence-corrected chi connectivity index (χ4v) is 5.50. The molecule has 0 bridgehead atoms. The number of nitrogens with zero attached hydrogens (tertiary/aromatic N) is 2. The first kappa shape index (κ1) is 20.6. The molecule has 0 aromatic heterocycles. The van der Waals surface area contributed by atoms with E-state index in [2.05, 4.69) is 0 Å². The van der Waals surface area contributed by atoms with Gasteiger partial charge in [-0.05, 0) is 54.8 Å². The van der Waals surface area contributed by atoms with Gasteiger partial charge in [-0.2, -0.15) is 4.31 Å². The predicted octanol–water partition coefficient (Wildman–Crippen LogP) is 4.21. The Bertz CT molecular complexity index is 1160. The lowest BCUT2D eigenvalue weighted by molar-refractivity contribution is -0.123. The van der Waals surface area contributed by atoms with Crippen molar-refractivity contribution in [2.75, 3.05) is 25.0 Å². The van der Waals surface area contributed by atoms with Gasteiger partial charge < -0.3 is 4.90 Å². The number of amides is 1. The van der Waals surface area contributed by atoms with E-state index in [4.69, 9.17) is 0 Å². The number of carbonyl (C=O) groups excluding carboxylic acids is 1. The van der Waals surface area contributed by atoms with Crippen LogP contribution < -0.4 is 4.90 Å². The number of fused-ring (bicyclic) bond motifs is 1. The molecule has 3 aromatic carbocycles. The van der Waals surface area contributed by atoms with E-state index in [1.54, 1.807) is 24.1 Å². The molecule has 0 spiro atoms. The van der Waals surface area contributed by atoms with Crippen molar-refractivity contribution in [1.82, 2.24) is 4.31 Å². The quantitative estimate of drug-likeness (QED) is 0.633. The van der Waals surface area contributed by atoms with E-state index in [0.29, 0.717) is 30.8 Å². The third-order valence-corrected chi connectivity index (χ3v) is 7.81. The average molecular weight is 423 g/mol. The Kier molecular flexibility index (Phi) is 5.62. The third kappa shape index (κ3) is 3.98. The van der Waals surface area contributed by atoms with Gasteiger partial charge in [0.05, 0.1) is 4.90 Å². The van der Waals surface area contributed by atoms with Gasteiger partial charge in [-0.3, -0.25) is 4.79 Å². The van der Waals surface area contributed by atoms with Crippen molar-refractivity contribution in [2.45, 2.75) is 24.7 Å². The lowest BCUT2D eigenvalue weighted by atomic mass is 9.96. The summed E-state index contributed by atoms with van der Waals surface area (Å²) in [5.74, 6) is -0.124. The topological polar surface area (TPSA) is 57.7 Å². The summed E-state index contributed by atoms with van der Waals surface area (Å²) in [6.45, 7) is 2.72. The van der Waals surface area contributed by atoms with Crippen LogP contribution >= 0.6 is 0 Å². The van der Waals surface area contributed by atoms with Gasteiger partial charge >= 0.3 is 0 Å². The summed E-state index contributed by atoms with van der Waals surface area (Å²) in [5.41, 5.74) is 2.00. The molecule has 1 heterocycles. The number of benzene rings is 3. The molecule has 1 aliphatic rings. The van der Waals surface area contributed by atoms with Crippen LogP contribution in [0.5, 0.6) is 0 Å². The largest absolute Gasteiger partial charge is 0.315 e. The number of carbonyl (C=O) groups is 1. The number of hydrogen-bond donors (Lipinski definition) is 0. The summed E-state index contributed by atoms with van der Waals surface area (Å²) in [6, 6.07) is 20.8. The Labute approximate surface area is 178 Å². The maximum Gasteiger partial charge on any atom is 0.243 e. The van der Waals surface area contributed by atoms with Crippen LogP contribution in [0.4, 0.5) is 5.69 Å². The van der Waals surface area contributed by atoms with E-state index in [-0.39, 0.29) is 11.8 Å². The lowest BCUT2D eigenvalue weighted by Gasteiger charge is -2.32. The van der Waals surface area contributed by atoms with E-state index in [1.165, 1.54) is 4.31 Å². The van der Waals surface area contributed by atoms with Crippen molar-refractivity contribution in [2.24, 2.45) is 5.92 Å². The molecule has 5 nitrogen and oxygen atoms in total. The highest BCUT2D eigenvalue weighted by Crippen LogP contribution is 2.28. The Morgan fingerprint density at radius 2 is 1.57 bits per heavy atom. The Hall–Kier alpha value is -2.70. The van der Waals surface area contributed by atoms with Gasteiger partial charge in [-0.1, -0.05) is 48.0 Å². The molecule has 1 amide bonds. The molecule has 0 unspecified atom stereocenters. The Morgan fingerprint density at radius 1 is 0.933 bits per heavy atom. The second kappa shape index (κ2) is 8.20. The molecule has 0 radical (unpaired) electrons. The van der Waals surface area contributed by atoms with Gasteiger partial charge in [0.25, 0.3) is 0 Å². The summed E-state index contributed by atoms with van der Waals surface area (Å²) in [5, 5.41) is 1.92. The summed E-state index contributed by atoms with van der Waals surface area (Å²) >= 11 is 0. The maximum absolute atomic E-state index is 13.1. The van der Waals surface area contributed by atoms with Crippen LogP contribution in [0.2, 0.25) is 0 Å². The van der Waals surface area contributed by atoms with E-state index < -0.39 is 10.0 Å². The van der Waals surface area contributed by atoms with Crippen LogP contribution in [0.15, 0.2) is 71.6 Å². The Balaban J connectivity index is 1.45. The lowest BCUT2D eigenvalue weighted by Crippen LogP contribution is -2.43. The number of anilines is 1. The maximum atomic E-state index is 13.1. The Morgan fingerprint density at radius 3 is 2.23 bits per heavy atom. The molecule has 4 rings (SSSR count). The number of hydrogen-bond acceptors (Lipinski definition) is 3. The first-order chi connectivity index (χ1) is 14.4. The summed E-state index contributed by atoms with van der Waals surface area (Å²) in [6.07, 6.45) is 1.06. The van der Waals surface area contributed by atoms with Gasteiger partial charge in [0.2, 0.25) is 15.9 Å². The van der Waals surface area contributed by atoms with Crippen molar-refractivity contribution in [1.29, 1.82) is 0 Å². The van der Waals surface area contributed by atoms with Crippen LogP contribution in [0.25, 0.3) is 10.8 Å². The SMILES string of the molecule is Cc1ccc(N(C)C(=O)C2CCN(S(=O)(=O)c3ccc4ccccc4c3)CC2)cc1. The fraction of sp³-hybridized carbons (Fsp3) is 0.292. The van der Waals surface area contributed by atoms with Gasteiger partial charge in [-0.25, -0.2) is 8.42 Å². The monoisotopic (exact) mass is 422 g/mol. The standard InChI is InChI=1S/C24H26N2O3S/c1-18-7-10-22(11-8-18)25(2)24(27)20-13-15-26(16-14-20)30(28,29)23-12-9-19-5-3-4-6-21(19)17-23/h3-12,17,20H,13-16H2,1-2H3. The molecule has 0 atom stereocenters. The minimum absolute atomic E-state index is 0.0432. The molecule has 6 heteroatoms. The summed E-state index contributed by atoms with van der Waals surface area (Å²) in [4.78, 5) is 14.9. The third-order valence-electron chi connectivity index (χ3n) is 5.91. The first-order valence-corrected chi connectivity index (χ1v) is 11.6. The summed E-state index contributed by atoms with van der Waals surface area (Å²) < 4.78 is 27.8. The van der Waals surface area contributed by atoms with E-state index in [9.17, 15) is 13.2 Å². The highest BCUT2D eigenvalue weighted by atomic mass is 32.2. The average Bonchev–Trinajstić information content (AvgIpc) is 2.78. The van der Waals surface area contributed by atoms with Crippen LogP contribution in [0.3, 0.4) is 0 Å². The van der Waals surface area contributed by atoms with Crippen molar-refractivity contribution in [3.8, 4) is 0 Å². The molecular weight excluding hydrogens is 396 g/mol. The highest BCUT2D eigenvalue weighted by Gasteiger charge is 2.33. The van der Waals surface area contributed by atoms with Crippen LogP contribution in [-0.2, 0) is 14.8 Å². The van der Waals surface area contributed by atoms with Gasteiger partial charge in [0.1, 0.15) is 0 Å². The number of aryl methyl sites for hydroxylation is 1. The molecule has 3 aromatic rings. The minimum Gasteiger partial charge on any atom is -0.315 e. The second-order valence-electron chi connectivity index (χ2n) is 7.92. The number of piperidine rings is 1. The smallest absolute Gasteiger partial charge is 0.243 e. The van der Waals surface area contributed by atoms with E-state index >= 15 is 0 Å². The normalized spacial score (nSPS) is 15.9. The zero-order chi connectivity index (χ0) is 21.3. The molecule has 0 aliphatic carbocycles. The second-order valence-corrected chi connectivity index (χ2v) is 9.86. The predicted molar refractivity (Wildman–Crippen MR) is 120 cm³/mol. The van der Waals surface area contributed by atoms with Crippen LogP contribution in [0, 0.1) is 12.8 Å². The zero-order valence-electron chi connectivity index (χ0n) is 17.3. The van der Waals surface area contributed by atoms with E-state index in [0.717, 1.165) is 22.0 Å². The van der Waals surface area contributed by atoms with Crippen molar-refractivity contribution in [3.63, 3.8) is 0 Å². The van der Waals surface area contributed by atoms with Gasteiger partial charge in [0.15, 0.2) is 0 Å². The number of sulfonamides is 1. The number of rotatable bonds is 4. The van der Waals surface area contributed by atoms with E-state index in [1.807, 2.05) is 61.5 Å². The van der Waals surface area contributed by atoms with Crippen molar-refractivity contribution >= 4 is 32.4 Å². The van der Waals surface area contributed by atoms with Gasteiger partial charge in [0, 0.05) is 31.7 Å². The molecule has 156 valence electrons. The van der Waals surface area contributed by atoms with Crippen molar-refractivity contribution < 1.29 is 13.2 Å². The summed E-state index contributed by atoms with van der Waals surface area (Å²) in [7, 11) is -1.79. The highest BCUT2D eigenvalue weighted by molar-refractivity contribution is 7.89.